The Morgan fingerprint density at radius 1 is 1.33 bits per heavy atom. The van der Waals surface area contributed by atoms with Gasteiger partial charge in [-0.2, -0.15) is 0 Å². The van der Waals surface area contributed by atoms with Crippen molar-refractivity contribution in [3.8, 4) is 0 Å². The minimum Gasteiger partial charge on any atom is -0.338 e. The van der Waals surface area contributed by atoms with Gasteiger partial charge < -0.3 is 4.90 Å². The molecule has 0 spiro atoms. The number of carbonyl (C=O) groups excluding carboxylic acids is 1. The number of halogens is 1. The second-order valence-electron chi connectivity index (χ2n) is 2.99. The van der Waals surface area contributed by atoms with E-state index in [1.165, 1.54) is 6.42 Å². The Bertz CT molecular complexity index is 195. The normalized spacial score (nSPS) is 19.5. The van der Waals surface area contributed by atoms with Crippen LogP contribution in [0.15, 0.2) is 10.6 Å². The SMILES string of the molecule is CC=C(Br)C(=O)N1CCCCC1. The number of nitrogens with zero attached hydrogens (tertiary/aromatic N) is 1. The molecule has 3 heteroatoms. The molecule has 0 aromatic carbocycles. The average Bonchev–Trinajstić information content (AvgIpc) is 2.17. The Morgan fingerprint density at radius 3 is 2.42 bits per heavy atom. The maximum atomic E-state index is 11.5. The Labute approximate surface area is 81.8 Å². The lowest BCUT2D eigenvalue weighted by atomic mass is 10.1. The molecule has 1 aliphatic rings. The summed E-state index contributed by atoms with van der Waals surface area (Å²) in [6.07, 6.45) is 5.36. The third-order valence-corrected chi connectivity index (χ3v) is 2.90. The van der Waals surface area contributed by atoms with Gasteiger partial charge in [-0.05, 0) is 42.1 Å². The molecular formula is C9H14BrNO. The molecule has 1 fully saturated rings. The summed E-state index contributed by atoms with van der Waals surface area (Å²) in [5.41, 5.74) is 0. The van der Waals surface area contributed by atoms with Crippen molar-refractivity contribution < 1.29 is 4.79 Å². The zero-order valence-corrected chi connectivity index (χ0v) is 8.93. The van der Waals surface area contributed by atoms with Crippen molar-refractivity contribution in [2.45, 2.75) is 26.2 Å². The quantitative estimate of drug-likeness (QED) is 0.635. The lowest BCUT2D eigenvalue weighted by Gasteiger charge is -2.26. The van der Waals surface area contributed by atoms with Crippen molar-refractivity contribution in [1.29, 1.82) is 0 Å². The maximum absolute atomic E-state index is 11.5. The molecule has 0 saturated carbocycles. The molecule has 12 heavy (non-hydrogen) atoms. The third-order valence-electron chi connectivity index (χ3n) is 2.10. The van der Waals surface area contributed by atoms with Crippen LogP contribution in [0.2, 0.25) is 0 Å². The molecule has 1 heterocycles. The monoisotopic (exact) mass is 231 g/mol. The molecule has 0 radical (unpaired) electrons. The molecule has 68 valence electrons. The molecule has 1 rings (SSSR count). The molecule has 1 aliphatic heterocycles. The lowest BCUT2D eigenvalue weighted by molar-refractivity contribution is -0.127. The molecule has 0 N–H and O–H groups in total. The van der Waals surface area contributed by atoms with Gasteiger partial charge in [0.05, 0.1) is 4.48 Å². The second kappa shape index (κ2) is 4.65. The van der Waals surface area contributed by atoms with E-state index in [-0.39, 0.29) is 5.91 Å². The summed E-state index contributed by atoms with van der Waals surface area (Å²) in [5, 5.41) is 0. The van der Waals surface area contributed by atoms with Crippen molar-refractivity contribution in [1.82, 2.24) is 4.90 Å². The van der Waals surface area contributed by atoms with Crippen LogP contribution in [0.25, 0.3) is 0 Å². The Balaban J connectivity index is 2.51. The van der Waals surface area contributed by atoms with Crippen molar-refractivity contribution >= 4 is 21.8 Å². The van der Waals surface area contributed by atoms with Gasteiger partial charge in [-0.1, -0.05) is 6.08 Å². The molecule has 0 aliphatic carbocycles. The van der Waals surface area contributed by atoms with E-state index in [1.807, 2.05) is 11.8 Å². The van der Waals surface area contributed by atoms with Gasteiger partial charge in [-0.3, -0.25) is 4.79 Å². The van der Waals surface area contributed by atoms with Gasteiger partial charge in [0.1, 0.15) is 0 Å². The van der Waals surface area contributed by atoms with Crippen LogP contribution in [0.3, 0.4) is 0 Å². The fourth-order valence-electron chi connectivity index (χ4n) is 1.37. The molecule has 1 saturated heterocycles. The molecule has 2 nitrogen and oxygen atoms in total. The number of piperidine rings is 1. The van der Waals surface area contributed by atoms with Gasteiger partial charge >= 0.3 is 0 Å². The van der Waals surface area contributed by atoms with Gasteiger partial charge in [0.15, 0.2) is 0 Å². The number of hydrogen-bond donors (Lipinski definition) is 0. The fourth-order valence-corrected chi connectivity index (χ4v) is 1.62. The van der Waals surface area contributed by atoms with Gasteiger partial charge in [-0.25, -0.2) is 0 Å². The first-order valence-electron chi connectivity index (χ1n) is 4.37. The maximum Gasteiger partial charge on any atom is 0.260 e. The van der Waals surface area contributed by atoms with Gasteiger partial charge in [0.2, 0.25) is 0 Å². The molecule has 0 bridgehead atoms. The number of carbonyl (C=O) groups is 1. The van der Waals surface area contributed by atoms with Crippen LogP contribution in [0, 0.1) is 0 Å². The topological polar surface area (TPSA) is 20.3 Å². The van der Waals surface area contributed by atoms with E-state index in [4.69, 9.17) is 0 Å². The Kier molecular flexibility index (Phi) is 3.79. The van der Waals surface area contributed by atoms with Crippen LogP contribution in [0.4, 0.5) is 0 Å². The predicted octanol–water partition coefficient (Wildman–Crippen LogP) is 2.30. The van der Waals surface area contributed by atoms with E-state index in [9.17, 15) is 4.79 Å². The highest BCUT2D eigenvalue weighted by molar-refractivity contribution is 9.12. The van der Waals surface area contributed by atoms with Gasteiger partial charge in [0.25, 0.3) is 5.91 Å². The average molecular weight is 232 g/mol. The van der Waals surface area contributed by atoms with E-state index in [0.717, 1.165) is 25.9 Å². The first-order valence-corrected chi connectivity index (χ1v) is 5.16. The van der Waals surface area contributed by atoms with Crippen molar-refractivity contribution in [3.63, 3.8) is 0 Å². The van der Waals surface area contributed by atoms with E-state index in [1.54, 1.807) is 6.08 Å². The molecule has 0 atom stereocenters. The van der Waals surface area contributed by atoms with Crippen molar-refractivity contribution in [2.75, 3.05) is 13.1 Å². The number of likely N-dealkylation sites (tertiary alicyclic amines) is 1. The summed E-state index contributed by atoms with van der Waals surface area (Å²) < 4.78 is 0.685. The van der Waals surface area contributed by atoms with E-state index in [2.05, 4.69) is 15.9 Å². The van der Waals surface area contributed by atoms with Gasteiger partial charge in [-0.15, -0.1) is 0 Å². The molecular weight excluding hydrogens is 218 g/mol. The van der Waals surface area contributed by atoms with E-state index in [0.29, 0.717) is 4.48 Å². The molecule has 0 aromatic heterocycles. The summed E-state index contributed by atoms with van der Waals surface area (Å²) >= 11 is 3.25. The zero-order valence-electron chi connectivity index (χ0n) is 7.35. The first kappa shape index (κ1) is 9.78. The number of hydrogen-bond acceptors (Lipinski definition) is 1. The van der Waals surface area contributed by atoms with Crippen LogP contribution >= 0.6 is 15.9 Å². The highest BCUT2D eigenvalue weighted by Gasteiger charge is 2.17. The molecule has 0 aromatic rings. The fraction of sp³-hybridized carbons (Fsp3) is 0.667. The summed E-state index contributed by atoms with van der Waals surface area (Å²) in [6, 6.07) is 0. The Morgan fingerprint density at radius 2 is 1.92 bits per heavy atom. The predicted molar refractivity (Wildman–Crippen MR) is 53.1 cm³/mol. The second-order valence-corrected chi connectivity index (χ2v) is 3.84. The molecule has 1 amide bonds. The number of amides is 1. The number of rotatable bonds is 1. The highest BCUT2D eigenvalue weighted by atomic mass is 79.9. The summed E-state index contributed by atoms with van der Waals surface area (Å²) in [6.45, 7) is 3.70. The largest absolute Gasteiger partial charge is 0.338 e. The number of allylic oxidation sites excluding steroid dienone is 1. The third kappa shape index (κ3) is 2.34. The van der Waals surface area contributed by atoms with Crippen LogP contribution < -0.4 is 0 Å². The summed E-state index contributed by atoms with van der Waals surface area (Å²) in [5.74, 6) is 0.136. The standard InChI is InChI=1S/C9H14BrNO/c1-2-8(10)9(12)11-6-4-3-5-7-11/h2H,3-7H2,1H3. The van der Waals surface area contributed by atoms with E-state index >= 15 is 0 Å². The minimum atomic E-state index is 0.136. The van der Waals surface area contributed by atoms with Crippen LogP contribution in [-0.2, 0) is 4.79 Å². The van der Waals surface area contributed by atoms with Crippen LogP contribution in [0.5, 0.6) is 0 Å². The van der Waals surface area contributed by atoms with Crippen molar-refractivity contribution in [3.05, 3.63) is 10.6 Å². The highest BCUT2D eigenvalue weighted by Crippen LogP contribution is 2.15. The summed E-state index contributed by atoms with van der Waals surface area (Å²) in [7, 11) is 0. The van der Waals surface area contributed by atoms with Crippen LogP contribution in [0.1, 0.15) is 26.2 Å². The summed E-state index contributed by atoms with van der Waals surface area (Å²) in [4.78, 5) is 13.5. The van der Waals surface area contributed by atoms with Gasteiger partial charge in [0, 0.05) is 13.1 Å². The minimum absolute atomic E-state index is 0.136. The van der Waals surface area contributed by atoms with Crippen LogP contribution in [-0.4, -0.2) is 23.9 Å². The smallest absolute Gasteiger partial charge is 0.260 e. The van der Waals surface area contributed by atoms with E-state index < -0.39 is 0 Å². The first-order chi connectivity index (χ1) is 5.75. The zero-order chi connectivity index (χ0) is 8.97. The van der Waals surface area contributed by atoms with Crippen molar-refractivity contribution in [2.24, 2.45) is 0 Å². The molecule has 0 unspecified atom stereocenters. The Hall–Kier alpha value is -0.310. The lowest BCUT2D eigenvalue weighted by Crippen LogP contribution is -2.35.